The SMILES string of the molecule is CC/C=C\C/C=C\C/C=C\C/C=C\C/C=C\C/C=C\C/C=C\C/C=C\CCCCCCC(=O)OC(CO)COC(=O)CCCCCCCCC/C=C\CCCCCCCCC. The lowest BCUT2D eigenvalue weighted by Gasteiger charge is -2.15. The average molecular weight is 845 g/mol. The van der Waals surface area contributed by atoms with Crippen LogP contribution in [0.5, 0.6) is 0 Å². The number of carbonyl (C=O) groups excluding carboxylic acids is 2. The molecule has 0 spiro atoms. The normalized spacial score (nSPS) is 13.2. The van der Waals surface area contributed by atoms with E-state index in [9.17, 15) is 14.7 Å². The number of carbonyl (C=O) groups is 2. The van der Waals surface area contributed by atoms with Gasteiger partial charge in [-0.2, -0.15) is 0 Å². The Kier molecular flexibility index (Phi) is 48.0. The molecule has 61 heavy (non-hydrogen) atoms. The third-order valence-corrected chi connectivity index (χ3v) is 10.3. The summed E-state index contributed by atoms with van der Waals surface area (Å²) in [6, 6.07) is 0. The second-order valence-corrected chi connectivity index (χ2v) is 16.2. The number of esters is 2. The number of unbranched alkanes of at least 4 members (excludes halogenated alkanes) is 18. The highest BCUT2D eigenvalue weighted by Gasteiger charge is 2.16. The Morgan fingerprint density at radius 2 is 0.705 bits per heavy atom. The summed E-state index contributed by atoms with van der Waals surface area (Å²) in [6.45, 7) is 4.00. The van der Waals surface area contributed by atoms with E-state index in [-0.39, 0.29) is 25.2 Å². The zero-order chi connectivity index (χ0) is 44.2. The largest absolute Gasteiger partial charge is 0.462 e. The van der Waals surface area contributed by atoms with E-state index in [1.54, 1.807) is 0 Å². The summed E-state index contributed by atoms with van der Waals surface area (Å²) in [4.78, 5) is 24.4. The van der Waals surface area contributed by atoms with Crippen molar-refractivity contribution >= 4 is 11.9 Å². The van der Waals surface area contributed by atoms with E-state index in [4.69, 9.17) is 9.47 Å². The Labute approximate surface area is 376 Å². The van der Waals surface area contributed by atoms with Crippen LogP contribution in [0.3, 0.4) is 0 Å². The molecule has 0 aliphatic carbocycles. The summed E-state index contributed by atoms with van der Waals surface area (Å²) in [5.41, 5.74) is 0. The van der Waals surface area contributed by atoms with E-state index in [1.807, 2.05) is 0 Å². The fourth-order valence-electron chi connectivity index (χ4n) is 6.56. The van der Waals surface area contributed by atoms with Gasteiger partial charge in [0.25, 0.3) is 0 Å². The minimum atomic E-state index is -0.795. The monoisotopic (exact) mass is 845 g/mol. The maximum atomic E-state index is 12.3. The van der Waals surface area contributed by atoms with Crippen molar-refractivity contribution in [3.8, 4) is 0 Å². The molecule has 0 radical (unpaired) electrons. The van der Waals surface area contributed by atoms with Crippen LogP contribution in [0.25, 0.3) is 0 Å². The minimum absolute atomic E-state index is 0.0847. The molecule has 0 bridgehead atoms. The van der Waals surface area contributed by atoms with Crippen molar-refractivity contribution in [2.24, 2.45) is 0 Å². The van der Waals surface area contributed by atoms with Crippen molar-refractivity contribution in [3.05, 3.63) is 109 Å². The van der Waals surface area contributed by atoms with E-state index in [0.29, 0.717) is 12.8 Å². The summed E-state index contributed by atoms with van der Waals surface area (Å²) in [5.74, 6) is -0.630. The van der Waals surface area contributed by atoms with E-state index in [0.717, 1.165) is 103 Å². The molecule has 0 aliphatic rings. The van der Waals surface area contributed by atoms with Crippen molar-refractivity contribution in [3.63, 3.8) is 0 Å². The van der Waals surface area contributed by atoms with Crippen LogP contribution in [0, 0.1) is 0 Å². The Balaban J connectivity index is 3.65. The Bertz CT molecular complexity index is 1230. The van der Waals surface area contributed by atoms with Crippen molar-refractivity contribution in [2.45, 2.75) is 219 Å². The summed E-state index contributed by atoms with van der Waals surface area (Å²) < 4.78 is 10.6. The highest BCUT2D eigenvalue weighted by Crippen LogP contribution is 2.13. The van der Waals surface area contributed by atoms with Gasteiger partial charge in [-0.15, -0.1) is 0 Å². The van der Waals surface area contributed by atoms with Crippen LogP contribution in [0.1, 0.15) is 213 Å². The van der Waals surface area contributed by atoms with Gasteiger partial charge in [0.2, 0.25) is 0 Å². The molecule has 5 nitrogen and oxygen atoms in total. The van der Waals surface area contributed by atoms with Gasteiger partial charge >= 0.3 is 11.9 Å². The highest BCUT2D eigenvalue weighted by atomic mass is 16.6. The molecule has 0 aliphatic heterocycles. The Morgan fingerprint density at radius 1 is 0.393 bits per heavy atom. The first-order chi connectivity index (χ1) is 30.1. The molecule has 0 heterocycles. The second-order valence-electron chi connectivity index (χ2n) is 16.2. The van der Waals surface area contributed by atoms with Crippen LogP contribution in [0.15, 0.2) is 109 Å². The molecule has 0 aromatic heterocycles. The number of aliphatic hydroxyl groups is 1. The van der Waals surface area contributed by atoms with Gasteiger partial charge in [0, 0.05) is 12.8 Å². The van der Waals surface area contributed by atoms with E-state index >= 15 is 0 Å². The molecule has 0 fully saturated rings. The third kappa shape index (κ3) is 49.1. The van der Waals surface area contributed by atoms with Crippen LogP contribution < -0.4 is 0 Å². The molecular weight excluding hydrogens is 753 g/mol. The molecule has 0 aromatic rings. The van der Waals surface area contributed by atoms with Crippen LogP contribution in [0.4, 0.5) is 0 Å². The zero-order valence-electron chi connectivity index (χ0n) is 39.4. The molecule has 0 saturated heterocycles. The number of hydrogen-bond acceptors (Lipinski definition) is 5. The van der Waals surface area contributed by atoms with Gasteiger partial charge in [0.05, 0.1) is 6.61 Å². The highest BCUT2D eigenvalue weighted by molar-refractivity contribution is 5.70. The van der Waals surface area contributed by atoms with E-state index in [2.05, 4.69) is 123 Å². The number of allylic oxidation sites excluding steroid dienone is 18. The lowest BCUT2D eigenvalue weighted by atomic mass is 10.1. The van der Waals surface area contributed by atoms with Crippen LogP contribution in [-0.2, 0) is 19.1 Å². The average Bonchev–Trinajstić information content (AvgIpc) is 3.26. The molecule has 1 unspecified atom stereocenters. The molecule has 1 N–H and O–H groups in total. The molecule has 5 heteroatoms. The predicted octanol–water partition coefficient (Wildman–Crippen LogP) is 16.6. The van der Waals surface area contributed by atoms with Gasteiger partial charge in [0.15, 0.2) is 6.10 Å². The number of ether oxygens (including phenoxy) is 2. The molecule has 346 valence electrons. The number of aliphatic hydroxyl groups excluding tert-OH is 1. The minimum Gasteiger partial charge on any atom is -0.462 e. The lowest BCUT2D eigenvalue weighted by Crippen LogP contribution is -2.28. The standard InChI is InChI=1S/C56H92O5/c1-3-5-7-9-11-13-15-17-19-21-23-24-25-26-27-28-29-30-31-32-33-35-37-39-41-43-45-47-49-51-56(59)61-54(52-57)53-60-55(58)50-48-46-44-42-40-38-36-34-22-20-18-16-14-12-10-8-6-4-2/h5,7,11,13,17,19-20,22-24,26-27,29-30,32-33,37,39,54,57H,3-4,6,8-10,12,14-16,18,21,25,28,31,34-36,38,40-53H2,1-2H3/b7-5-,13-11-,19-17-,22-20-,24-23-,27-26-,30-29-,33-32-,39-37-. The van der Waals surface area contributed by atoms with Crippen molar-refractivity contribution in [1.29, 1.82) is 0 Å². The molecule has 0 saturated carbocycles. The van der Waals surface area contributed by atoms with E-state index in [1.165, 1.54) is 83.5 Å². The maximum Gasteiger partial charge on any atom is 0.306 e. The maximum absolute atomic E-state index is 12.3. The van der Waals surface area contributed by atoms with Gasteiger partial charge in [-0.25, -0.2) is 0 Å². The fraction of sp³-hybridized carbons (Fsp3) is 0.643. The summed E-state index contributed by atoms with van der Waals surface area (Å²) in [7, 11) is 0. The molecular formula is C56H92O5. The molecule has 0 rings (SSSR count). The van der Waals surface area contributed by atoms with Gasteiger partial charge in [-0.3, -0.25) is 9.59 Å². The number of rotatable bonds is 44. The fourth-order valence-corrected chi connectivity index (χ4v) is 6.56. The van der Waals surface area contributed by atoms with Crippen LogP contribution in [0.2, 0.25) is 0 Å². The van der Waals surface area contributed by atoms with Gasteiger partial charge in [-0.05, 0) is 103 Å². The summed E-state index contributed by atoms with van der Waals surface area (Å²) in [5, 5.41) is 9.61. The first kappa shape index (κ1) is 57.6. The first-order valence-electron chi connectivity index (χ1n) is 24.9. The topological polar surface area (TPSA) is 72.8 Å². The lowest BCUT2D eigenvalue weighted by molar-refractivity contribution is -0.161. The van der Waals surface area contributed by atoms with Crippen molar-refractivity contribution in [2.75, 3.05) is 13.2 Å². The third-order valence-electron chi connectivity index (χ3n) is 10.3. The van der Waals surface area contributed by atoms with Gasteiger partial charge in [0.1, 0.15) is 6.61 Å². The van der Waals surface area contributed by atoms with Crippen molar-refractivity contribution < 1.29 is 24.2 Å². The van der Waals surface area contributed by atoms with Gasteiger partial charge < -0.3 is 14.6 Å². The molecule has 0 amide bonds. The van der Waals surface area contributed by atoms with Gasteiger partial charge in [-0.1, -0.05) is 207 Å². The Morgan fingerprint density at radius 3 is 1.08 bits per heavy atom. The summed E-state index contributed by atoms with van der Waals surface area (Å²) in [6.07, 6.45) is 73.1. The number of hydrogen-bond donors (Lipinski definition) is 1. The predicted molar refractivity (Wildman–Crippen MR) is 265 cm³/mol. The Hall–Kier alpha value is -3.44. The zero-order valence-corrected chi connectivity index (χ0v) is 39.4. The van der Waals surface area contributed by atoms with Crippen LogP contribution in [-0.4, -0.2) is 36.4 Å². The van der Waals surface area contributed by atoms with Crippen molar-refractivity contribution in [1.82, 2.24) is 0 Å². The quantitative estimate of drug-likeness (QED) is 0.0376. The van der Waals surface area contributed by atoms with E-state index < -0.39 is 6.10 Å². The molecule has 0 aromatic carbocycles. The molecule has 1 atom stereocenters. The smallest absolute Gasteiger partial charge is 0.306 e. The first-order valence-corrected chi connectivity index (χ1v) is 24.9. The second kappa shape index (κ2) is 50.9. The summed E-state index contributed by atoms with van der Waals surface area (Å²) >= 11 is 0. The van der Waals surface area contributed by atoms with Crippen LogP contribution >= 0.6 is 0 Å².